The van der Waals surface area contributed by atoms with E-state index >= 15 is 0 Å². The zero-order chi connectivity index (χ0) is 23.6. The van der Waals surface area contributed by atoms with Gasteiger partial charge in [-0.3, -0.25) is 4.99 Å². The maximum Gasteiger partial charge on any atom is 0.165 e. The molecule has 34 heavy (non-hydrogen) atoms. The van der Waals surface area contributed by atoms with Gasteiger partial charge in [-0.1, -0.05) is 76.1 Å². The highest BCUT2D eigenvalue weighted by Crippen LogP contribution is 2.37. The number of para-hydroxylation sites is 1. The summed E-state index contributed by atoms with van der Waals surface area (Å²) in [6, 6.07) is 16.5. The Balaban J connectivity index is 1.40. The Bertz CT molecular complexity index is 1110. The second kappa shape index (κ2) is 12.5. The molecule has 180 valence electrons. The van der Waals surface area contributed by atoms with Gasteiger partial charge >= 0.3 is 0 Å². The summed E-state index contributed by atoms with van der Waals surface area (Å²) in [7, 11) is 1.71. The van der Waals surface area contributed by atoms with Gasteiger partial charge in [0.1, 0.15) is 6.61 Å². The van der Waals surface area contributed by atoms with Crippen molar-refractivity contribution in [3.8, 4) is 11.5 Å². The van der Waals surface area contributed by atoms with Crippen LogP contribution in [0.15, 0.2) is 53.5 Å². The van der Waals surface area contributed by atoms with Crippen molar-refractivity contribution in [1.82, 2.24) is 4.98 Å². The van der Waals surface area contributed by atoms with Gasteiger partial charge in [0, 0.05) is 28.8 Å². The molecule has 1 aliphatic rings. The van der Waals surface area contributed by atoms with Gasteiger partial charge in [0.2, 0.25) is 0 Å². The van der Waals surface area contributed by atoms with E-state index in [1.807, 2.05) is 30.3 Å². The minimum atomic E-state index is 0.419. The van der Waals surface area contributed by atoms with Crippen LogP contribution < -0.4 is 9.47 Å². The number of rotatable bonds is 13. The molecule has 0 saturated heterocycles. The molecule has 1 aliphatic heterocycles. The van der Waals surface area contributed by atoms with Gasteiger partial charge in [-0.15, -0.1) is 0 Å². The predicted octanol–water partition coefficient (Wildman–Crippen LogP) is 7.70. The summed E-state index contributed by atoms with van der Waals surface area (Å²) in [4.78, 5) is 9.65. The predicted molar refractivity (Wildman–Crippen MR) is 141 cm³/mol. The van der Waals surface area contributed by atoms with E-state index in [4.69, 9.17) is 19.5 Å². The van der Waals surface area contributed by atoms with Gasteiger partial charge in [-0.2, -0.15) is 0 Å². The Morgan fingerprint density at radius 2 is 1.65 bits per heavy atom. The SMILES string of the molecule is CCCCCCCCCCC1=NCCc2c1ccc(OC)c2OCc1ccc2ccccc2n1. The Morgan fingerprint density at radius 3 is 2.47 bits per heavy atom. The third-order valence-corrected chi connectivity index (χ3v) is 6.71. The third kappa shape index (κ3) is 6.16. The number of ether oxygens (including phenoxy) is 2. The molecule has 2 aromatic carbocycles. The van der Waals surface area contributed by atoms with E-state index in [9.17, 15) is 0 Å². The lowest BCUT2D eigenvalue weighted by Gasteiger charge is -2.22. The largest absolute Gasteiger partial charge is 0.493 e. The second-order valence-electron chi connectivity index (χ2n) is 9.21. The summed E-state index contributed by atoms with van der Waals surface area (Å²) in [6.45, 7) is 3.51. The minimum Gasteiger partial charge on any atom is -0.493 e. The lowest BCUT2D eigenvalue weighted by molar-refractivity contribution is 0.278. The molecule has 1 aromatic heterocycles. The molecule has 0 atom stereocenters. The van der Waals surface area contributed by atoms with Gasteiger partial charge in [0.15, 0.2) is 11.5 Å². The van der Waals surface area contributed by atoms with Crippen molar-refractivity contribution >= 4 is 16.6 Å². The molecule has 0 radical (unpaired) electrons. The molecule has 0 bridgehead atoms. The highest BCUT2D eigenvalue weighted by atomic mass is 16.5. The number of aliphatic imine (C=N–C) groups is 1. The number of pyridine rings is 1. The van der Waals surface area contributed by atoms with Crippen LogP contribution in [0.5, 0.6) is 11.5 Å². The summed E-state index contributed by atoms with van der Waals surface area (Å²) >= 11 is 0. The molecule has 2 heterocycles. The fourth-order valence-corrected chi connectivity index (χ4v) is 4.81. The molecule has 0 aliphatic carbocycles. The van der Waals surface area contributed by atoms with Gasteiger partial charge in [0.05, 0.1) is 18.3 Å². The van der Waals surface area contributed by atoms with Crippen LogP contribution in [-0.2, 0) is 13.0 Å². The lowest BCUT2D eigenvalue weighted by Crippen LogP contribution is -2.15. The molecule has 0 fully saturated rings. The van der Waals surface area contributed by atoms with Crippen molar-refractivity contribution in [2.24, 2.45) is 4.99 Å². The first-order valence-corrected chi connectivity index (χ1v) is 13.0. The minimum absolute atomic E-state index is 0.419. The molecular weight excluding hydrogens is 420 g/mol. The second-order valence-corrected chi connectivity index (χ2v) is 9.21. The van der Waals surface area contributed by atoms with Crippen LogP contribution in [0.25, 0.3) is 10.9 Å². The van der Waals surface area contributed by atoms with Crippen LogP contribution in [0.2, 0.25) is 0 Å². The van der Waals surface area contributed by atoms with E-state index in [0.717, 1.165) is 47.5 Å². The van der Waals surface area contributed by atoms with Crippen LogP contribution in [0.4, 0.5) is 0 Å². The van der Waals surface area contributed by atoms with Crippen molar-refractivity contribution in [1.29, 1.82) is 0 Å². The summed E-state index contributed by atoms with van der Waals surface area (Å²) in [6.07, 6.45) is 12.6. The Labute approximate surface area is 204 Å². The maximum absolute atomic E-state index is 6.36. The average molecular weight is 459 g/mol. The van der Waals surface area contributed by atoms with Crippen LogP contribution >= 0.6 is 0 Å². The van der Waals surface area contributed by atoms with E-state index in [1.54, 1.807) is 7.11 Å². The van der Waals surface area contributed by atoms with E-state index in [0.29, 0.717) is 6.61 Å². The molecule has 0 spiro atoms. The zero-order valence-corrected chi connectivity index (χ0v) is 20.8. The van der Waals surface area contributed by atoms with Crippen molar-refractivity contribution in [2.45, 2.75) is 77.7 Å². The summed E-state index contributed by atoms with van der Waals surface area (Å²) in [5.41, 5.74) is 5.59. The number of hydrogen-bond acceptors (Lipinski definition) is 4. The van der Waals surface area contributed by atoms with Crippen LogP contribution in [-0.4, -0.2) is 24.4 Å². The number of hydrogen-bond donors (Lipinski definition) is 0. The van der Waals surface area contributed by atoms with Crippen molar-refractivity contribution < 1.29 is 9.47 Å². The number of nitrogens with zero attached hydrogens (tertiary/aromatic N) is 2. The smallest absolute Gasteiger partial charge is 0.165 e. The number of aromatic nitrogens is 1. The molecular formula is C30H38N2O2. The quantitative estimate of drug-likeness (QED) is 0.246. The molecule has 3 aromatic rings. The normalized spacial score (nSPS) is 12.9. The monoisotopic (exact) mass is 458 g/mol. The first-order valence-electron chi connectivity index (χ1n) is 13.0. The van der Waals surface area contributed by atoms with Crippen LogP contribution in [0, 0.1) is 0 Å². The molecule has 0 saturated carbocycles. The van der Waals surface area contributed by atoms with Gasteiger partial charge in [0.25, 0.3) is 0 Å². The Morgan fingerprint density at radius 1 is 0.853 bits per heavy atom. The number of benzene rings is 2. The van der Waals surface area contributed by atoms with Crippen molar-refractivity contribution in [3.05, 3.63) is 65.4 Å². The van der Waals surface area contributed by atoms with Gasteiger partial charge in [-0.05, 0) is 43.5 Å². The van der Waals surface area contributed by atoms with E-state index in [-0.39, 0.29) is 0 Å². The summed E-state index contributed by atoms with van der Waals surface area (Å²) < 4.78 is 12.0. The van der Waals surface area contributed by atoms with Gasteiger partial charge in [-0.25, -0.2) is 4.98 Å². The van der Waals surface area contributed by atoms with Crippen LogP contribution in [0.3, 0.4) is 0 Å². The first-order chi connectivity index (χ1) is 16.8. The average Bonchev–Trinajstić information content (AvgIpc) is 2.88. The third-order valence-electron chi connectivity index (χ3n) is 6.71. The standard InChI is InChI=1S/C30H38N2O2/c1-3-4-5-6-7-8-9-10-15-28-25-18-19-29(33-2)30(26(25)20-21-31-28)34-22-24-17-16-23-13-11-12-14-27(23)32-24/h11-14,16-19H,3-10,15,20-22H2,1-2H3. The van der Waals surface area contributed by atoms with Crippen molar-refractivity contribution in [3.63, 3.8) is 0 Å². The fraction of sp³-hybridized carbons (Fsp3) is 0.467. The molecule has 0 amide bonds. The summed E-state index contributed by atoms with van der Waals surface area (Å²) in [5, 5.41) is 1.14. The highest BCUT2D eigenvalue weighted by Gasteiger charge is 2.21. The van der Waals surface area contributed by atoms with E-state index < -0.39 is 0 Å². The van der Waals surface area contributed by atoms with E-state index in [2.05, 4.69) is 25.1 Å². The molecule has 4 rings (SSSR count). The topological polar surface area (TPSA) is 43.7 Å². The zero-order valence-electron chi connectivity index (χ0n) is 20.8. The molecule has 0 unspecified atom stereocenters. The highest BCUT2D eigenvalue weighted by molar-refractivity contribution is 6.03. The number of fused-ring (bicyclic) bond motifs is 2. The van der Waals surface area contributed by atoms with Crippen LogP contribution in [0.1, 0.15) is 81.5 Å². The number of methoxy groups -OCH3 is 1. The molecule has 4 heteroatoms. The molecule has 4 nitrogen and oxygen atoms in total. The van der Waals surface area contributed by atoms with Gasteiger partial charge < -0.3 is 9.47 Å². The fourth-order valence-electron chi connectivity index (χ4n) is 4.81. The summed E-state index contributed by atoms with van der Waals surface area (Å²) in [5.74, 6) is 1.63. The van der Waals surface area contributed by atoms with E-state index in [1.165, 1.54) is 68.2 Å². The first kappa shape index (κ1) is 24.3. The Hall–Kier alpha value is -2.88. The van der Waals surface area contributed by atoms with Crippen molar-refractivity contribution in [2.75, 3.05) is 13.7 Å². The lowest BCUT2D eigenvalue weighted by atomic mass is 9.93. The number of unbranched alkanes of at least 4 members (excludes halogenated alkanes) is 7. The maximum atomic E-state index is 6.36. The Kier molecular flexibility index (Phi) is 8.95. The molecule has 0 N–H and O–H groups in total.